The van der Waals surface area contributed by atoms with Crippen molar-refractivity contribution in [3.05, 3.63) is 36.2 Å². The van der Waals surface area contributed by atoms with Gasteiger partial charge in [0, 0.05) is 18.7 Å². The number of nitrogens with two attached hydrogens (primary N) is 1. The zero-order chi connectivity index (χ0) is 15.4. The van der Waals surface area contributed by atoms with Gasteiger partial charge in [-0.05, 0) is 37.4 Å². The molecule has 1 aromatic carbocycles. The fraction of sp³-hybridized carbons (Fsp3) is 0.375. The first-order chi connectivity index (χ1) is 10.8. The zero-order valence-electron chi connectivity index (χ0n) is 12.3. The van der Waals surface area contributed by atoms with Crippen molar-refractivity contribution in [3.8, 4) is 17.5 Å². The van der Waals surface area contributed by atoms with Gasteiger partial charge in [0.2, 0.25) is 5.95 Å². The van der Waals surface area contributed by atoms with Crippen molar-refractivity contribution in [2.24, 2.45) is 11.7 Å². The molecule has 6 nitrogen and oxygen atoms in total. The van der Waals surface area contributed by atoms with Crippen molar-refractivity contribution in [1.29, 1.82) is 5.26 Å². The maximum absolute atomic E-state index is 8.99. The summed E-state index contributed by atoms with van der Waals surface area (Å²) in [6.45, 7) is 2.59. The largest absolute Gasteiger partial charge is 0.341 e. The van der Waals surface area contributed by atoms with Gasteiger partial charge in [-0.1, -0.05) is 12.1 Å². The standard InChI is InChI=1S/C16H18N6/c17-9-12-4-6-22(7-5-12)16-20-11-19-15(21-16)14-3-1-2-13(8-14)10-18/h1-3,8,11-12H,4-7,9,17H2. The molecular weight excluding hydrogens is 276 g/mol. The lowest BCUT2D eigenvalue weighted by Gasteiger charge is -2.31. The lowest BCUT2D eigenvalue weighted by molar-refractivity contribution is 0.411. The van der Waals surface area contributed by atoms with Crippen molar-refractivity contribution in [3.63, 3.8) is 0 Å². The molecule has 0 unspecified atom stereocenters. The highest BCUT2D eigenvalue weighted by Crippen LogP contribution is 2.22. The van der Waals surface area contributed by atoms with Gasteiger partial charge in [-0.2, -0.15) is 10.2 Å². The molecule has 0 spiro atoms. The minimum atomic E-state index is 0.600. The first-order valence-corrected chi connectivity index (χ1v) is 7.44. The van der Waals surface area contributed by atoms with Gasteiger partial charge in [-0.15, -0.1) is 0 Å². The predicted octanol–water partition coefficient (Wildman–Crippen LogP) is 1.59. The van der Waals surface area contributed by atoms with E-state index in [9.17, 15) is 0 Å². The second-order valence-electron chi connectivity index (χ2n) is 5.47. The molecule has 2 aromatic rings. The summed E-state index contributed by atoms with van der Waals surface area (Å²) >= 11 is 0. The Morgan fingerprint density at radius 1 is 1.27 bits per heavy atom. The van der Waals surface area contributed by atoms with Crippen LogP contribution in [0.25, 0.3) is 11.4 Å². The highest BCUT2D eigenvalue weighted by atomic mass is 15.3. The lowest BCUT2D eigenvalue weighted by atomic mass is 9.97. The average Bonchev–Trinajstić information content (AvgIpc) is 2.62. The first kappa shape index (κ1) is 14.4. The summed E-state index contributed by atoms with van der Waals surface area (Å²) in [4.78, 5) is 15.3. The zero-order valence-corrected chi connectivity index (χ0v) is 12.3. The van der Waals surface area contributed by atoms with Crippen LogP contribution in [0.15, 0.2) is 30.6 Å². The molecule has 1 aromatic heterocycles. The molecule has 112 valence electrons. The predicted molar refractivity (Wildman–Crippen MR) is 84.0 cm³/mol. The van der Waals surface area contributed by atoms with E-state index in [0.29, 0.717) is 23.3 Å². The molecule has 0 amide bonds. The Bertz CT molecular complexity index is 685. The number of rotatable bonds is 3. The second kappa shape index (κ2) is 6.50. The minimum absolute atomic E-state index is 0.600. The van der Waals surface area contributed by atoms with Crippen molar-refractivity contribution in [2.75, 3.05) is 24.5 Å². The molecule has 0 radical (unpaired) electrons. The SMILES string of the molecule is N#Cc1cccc(-c2ncnc(N3CCC(CN)CC3)n2)c1. The minimum Gasteiger partial charge on any atom is -0.341 e. The van der Waals surface area contributed by atoms with Gasteiger partial charge in [-0.25, -0.2) is 9.97 Å². The first-order valence-electron chi connectivity index (χ1n) is 7.44. The molecule has 0 saturated carbocycles. The van der Waals surface area contributed by atoms with Crippen LogP contribution < -0.4 is 10.6 Å². The molecule has 1 fully saturated rings. The third kappa shape index (κ3) is 3.05. The summed E-state index contributed by atoms with van der Waals surface area (Å²) in [7, 11) is 0. The summed E-state index contributed by atoms with van der Waals surface area (Å²) in [6.07, 6.45) is 3.68. The van der Waals surface area contributed by atoms with Crippen LogP contribution in [-0.4, -0.2) is 34.6 Å². The molecule has 6 heteroatoms. The van der Waals surface area contributed by atoms with E-state index in [-0.39, 0.29) is 0 Å². The summed E-state index contributed by atoms with van der Waals surface area (Å²) in [5, 5.41) is 8.99. The van der Waals surface area contributed by atoms with E-state index in [1.54, 1.807) is 12.1 Å². The highest BCUT2D eigenvalue weighted by Gasteiger charge is 2.20. The average molecular weight is 294 g/mol. The maximum Gasteiger partial charge on any atom is 0.228 e. The summed E-state index contributed by atoms with van der Waals surface area (Å²) < 4.78 is 0. The fourth-order valence-corrected chi connectivity index (χ4v) is 2.68. The topological polar surface area (TPSA) is 91.7 Å². The summed E-state index contributed by atoms with van der Waals surface area (Å²) in [5.41, 5.74) is 7.16. The van der Waals surface area contributed by atoms with Crippen LogP contribution in [0.2, 0.25) is 0 Å². The van der Waals surface area contributed by atoms with Crippen molar-refractivity contribution < 1.29 is 0 Å². The Kier molecular flexibility index (Phi) is 4.26. The summed E-state index contributed by atoms with van der Waals surface area (Å²) in [6, 6.07) is 9.43. The van der Waals surface area contributed by atoms with E-state index >= 15 is 0 Å². The summed E-state index contributed by atoms with van der Waals surface area (Å²) in [5.74, 6) is 1.90. The Balaban J connectivity index is 1.82. The number of piperidine rings is 1. The van der Waals surface area contributed by atoms with Crippen LogP contribution in [0.5, 0.6) is 0 Å². The van der Waals surface area contributed by atoms with Gasteiger partial charge in [0.25, 0.3) is 0 Å². The normalized spacial score (nSPS) is 15.5. The highest BCUT2D eigenvalue weighted by molar-refractivity contribution is 5.58. The third-order valence-electron chi connectivity index (χ3n) is 4.04. The number of benzene rings is 1. The molecule has 2 N–H and O–H groups in total. The van der Waals surface area contributed by atoms with E-state index in [4.69, 9.17) is 11.0 Å². The van der Waals surface area contributed by atoms with Crippen molar-refractivity contribution in [1.82, 2.24) is 15.0 Å². The lowest BCUT2D eigenvalue weighted by Crippen LogP contribution is -2.37. The van der Waals surface area contributed by atoms with E-state index in [1.807, 2.05) is 12.1 Å². The van der Waals surface area contributed by atoms with E-state index in [1.165, 1.54) is 6.33 Å². The van der Waals surface area contributed by atoms with E-state index in [0.717, 1.165) is 38.0 Å². The van der Waals surface area contributed by atoms with Gasteiger partial charge >= 0.3 is 0 Å². The van der Waals surface area contributed by atoms with Gasteiger partial charge in [0.15, 0.2) is 5.82 Å². The quantitative estimate of drug-likeness (QED) is 0.924. The Labute approximate surface area is 129 Å². The van der Waals surface area contributed by atoms with Crippen LogP contribution in [0.4, 0.5) is 5.95 Å². The van der Waals surface area contributed by atoms with Crippen LogP contribution >= 0.6 is 0 Å². The number of anilines is 1. The molecule has 3 rings (SSSR count). The van der Waals surface area contributed by atoms with E-state index in [2.05, 4.69) is 25.9 Å². The number of aromatic nitrogens is 3. The Morgan fingerprint density at radius 2 is 2.09 bits per heavy atom. The van der Waals surface area contributed by atoms with E-state index < -0.39 is 0 Å². The van der Waals surface area contributed by atoms with Crippen molar-refractivity contribution in [2.45, 2.75) is 12.8 Å². The number of nitriles is 1. The van der Waals surface area contributed by atoms with Gasteiger partial charge in [0.05, 0.1) is 11.6 Å². The smallest absolute Gasteiger partial charge is 0.228 e. The monoisotopic (exact) mass is 294 g/mol. The van der Waals surface area contributed by atoms with Gasteiger partial charge in [-0.3, -0.25) is 0 Å². The number of hydrogen-bond donors (Lipinski definition) is 1. The molecule has 1 saturated heterocycles. The molecule has 1 aliphatic heterocycles. The molecule has 0 atom stereocenters. The molecule has 0 aliphatic carbocycles. The van der Waals surface area contributed by atoms with Crippen LogP contribution in [-0.2, 0) is 0 Å². The van der Waals surface area contributed by atoms with Crippen LogP contribution in [0, 0.1) is 17.2 Å². The Hall–Kier alpha value is -2.52. The molecule has 0 bridgehead atoms. The fourth-order valence-electron chi connectivity index (χ4n) is 2.68. The molecular formula is C16H18N6. The van der Waals surface area contributed by atoms with Gasteiger partial charge in [0.1, 0.15) is 6.33 Å². The molecule has 1 aliphatic rings. The van der Waals surface area contributed by atoms with Gasteiger partial charge < -0.3 is 10.6 Å². The van der Waals surface area contributed by atoms with Crippen LogP contribution in [0.1, 0.15) is 18.4 Å². The second-order valence-corrected chi connectivity index (χ2v) is 5.47. The Morgan fingerprint density at radius 3 is 2.82 bits per heavy atom. The van der Waals surface area contributed by atoms with Crippen LogP contribution in [0.3, 0.4) is 0 Å². The third-order valence-corrected chi connectivity index (χ3v) is 4.04. The number of nitrogens with zero attached hydrogens (tertiary/aromatic N) is 5. The number of hydrogen-bond acceptors (Lipinski definition) is 6. The molecule has 22 heavy (non-hydrogen) atoms. The van der Waals surface area contributed by atoms with Crippen molar-refractivity contribution >= 4 is 5.95 Å². The molecule has 2 heterocycles. The maximum atomic E-state index is 8.99.